The van der Waals surface area contributed by atoms with Gasteiger partial charge in [0.1, 0.15) is 0 Å². The molecule has 2 atom stereocenters. The number of ketones is 1. The highest BCUT2D eigenvalue weighted by atomic mass is 16.2. The second-order valence-corrected chi connectivity index (χ2v) is 8.25. The lowest BCUT2D eigenvalue weighted by atomic mass is 9.84. The Balaban J connectivity index is 1.46. The lowest BCUT2D eigenvalue weighted by molar-refractivity contribution is -0.127. The molecule has 0 saturated carbocycles. The highest BCUT2D eigenvalue weighted by molar-refractivity contribution is 5.88. The molecule has 4 heteroatoms. The van der Waals surface area contributed by atoms with E-state index in [1.807, 2.05) is 36.4 Å². The maximum atomic E-state index is 12.9. The third kappa shape index (κ3) is 5.28. The van der Waals surface area contributed by atoms with E-state index in [1.54, 1.807) is 0 Å². The number of nitrogens with zero attached hydrogens (tertiary/aromatic N) is 1. The van der Waals surface area contributed by atoms with E-state index < -0.39 is 6.04 Å². The minimum Gasteiger partial charge on any atom is -0.345 e. The molecule has 3 aromatic rings. The summed E-state index contributed by atoms with van der Waals surface area (Å²) in [5, 5.41) is 2.96. The number of fused-ring (bicyclic) bond motifs is 1. The summed E-state index contributed by atoms with van der Waals surface area (Å²) in [5.74, 6) is 0.0950. The van der Waals surface area contributed by atoms with Crippen LogP contribution in [0.1, 0.15) is 35.1 Å². The van der Waals surface area contributed by atoms with Gasteiger partial charge in [-0.1, -0.05) is 84.9 Å². The average Bonchev–Trinajstić information content (AvgIpc) is 2.79. The van der Waals surface area contributed by atoms with Gasteiger partial charge in [-0.05, 0) is 35.6 Å². The van der Waals surface area contributed by atoms with Crippen LogP contribution in [0.3, 0.4) is 0 Å². The molecule has 1 N–H and O–H groups in total. The minimum absolute atomic E-state index is 0.0247. The maximum absolute atomic E-state index is 12.9. The largest absolute Gasteiger partial charge is 0.345 e. The van der Waals surface area contributed by atoms with E-state index in [-0.39, 0.29) is 24.2 Å². The summed E-state index contributed by atoms with van der Waals surface area (Å²) in [5.41, 5.74) is 4.88. The molecule has 1 amide bonds. The second kappa shape index (κ2) is 9.71. The summed E-state index contributed by atoms with van der Waals surface area (Å²) in [4.78, 5) is 27.2. The second-order valence-electron chi connectivity index (χ2n) is 8.25. The number of nitrogens with one attached hydrogen (secondary N) is 1. The number of carbonyl (C=O) groups is 2. The zero-order valence-corrected chi connectivity index (χ0v) is 17.8. The Hall–Kier alpha value is -3.24. The summed E-state index contributed by atoms with van der Waals surface area (Å²) in [7, 11) is 0. The van der Waals surface area contributed by atoms with Crippen molar-refractivity contribution in [2.75, 3.05) is 13.1 Å². The van der Waals surface area contributed by atoms with E-state index >= 15 is 0 Å². The Kier molecular flexibility index (Phi) is 6.58. The van der Waals surface area contributed by atoms with Gasteiger partial charge in [0.25, 0.3) is 0 Å². The van der Waals surface area contributed by atoms with Crippen LogP contribution in [0, 0.1) is 0 Å². The van der Waals surface area contributed by atoms with Gasteiger partial charge in [-0.15, -0.1) is 0 Å². The highest BCUT2D eigenvalue weighted by Gasteiger charge is 2.28. The lowest BCUT2D eigenvalue weighted by Gasteiger charge is -2.35. The van der Waals surface area contributed by atoms with Crippen LogP contribution in [-0.2, 0) is 22.6 Å². The van der Waals surface area contributed by atoms with Crippen molar-refractivity contribution in [2.24, 2.45) is 0 Å². The summed E-state index contributed by atoms with van der Waals surface area (Å²) in [6, 6.07) is 28.2. The average molecular weight is 413 g/mol. The van der Waals surface area contributed by atoms with Crippen molar-refractivity contribution in [3.63, 3.8) is 0 Å². The SMILES string of the molecule is CC(=O)C(Cc1ccccc1)NC(=O)CN1Cc2ccccc2C(c2ccccc2)C1. The predicted molar refractivity (Wildman–Crippen MR) is 123 cm³/mol. The molecule has 1 aliphatic heterocycles. The van der Waals surface area contributed by atoms with E-state index in [0.29, 0.717) is 6.42 Å². The first-order valence-electron chi connectivity index (χ1n) is 10.8. The lowest BCUT2D eigenvalue weighted by Crippen LogP contribution is -2.47. The normalized spacial score (nSPS) is 16.9. The molecule has 0 spiro atoms. The Morgan fingerprint density at radius 1 is 0.935 bits per heavy atom. The zero-order valence-electron chi connectivity index (χ0n) is 17.8. The molecule has 0 aliphatic carbocycles. The fourth-order valence-electron chi connectivity index (χ4n) is 4.36. The molecule has 4 nitrogen and oxygen atoms in total. The molecule has 2 unspecified atom stereocenters. The van der Waals surface area contributed by atoms with Crippen LogP contribution in [-0.4, -0.2) is 35.7 Å². The van der Waals surface area contributed by atoms with Crippen molar-refractivity contribution in [3.8, 4) is 0 Å². The first-order chi connectivity index (χ1) is 15.1. The zero-order chi connectivity index (χ0) is 21.6. The molecule has 0 bridgehead atoms. The van der Waals surface area contributed by atoms with Crippen LogP contribution < -0.4 is 5.32 Å². The fraction of sp³-hybridized carbons (Fsp3) is 0.259. The van der Waals surface area contributed by atoms with Crippen LogP contribution in [0.5, 0.6) is 0 Å². The molecule has 0 aromatic heterocycles. The molecule has 4 rings (SSSR count). The van der Waals surface area contributed by atoms with Crippen LogP contribution in [0.4, 0.5) is 0 Å². The fourth-order valence-corrected chi connectivity index (χ4v) is 4.36. The highest BCUT2D eigenvalue weighted by Crippen LogP contribution is 2.33. The van der Waals surface area contributed by atoms with E-state index in [4.69, 9.17) is 0 Å². The summed E-state index contributed by atoms with van der Waals surface area (Å²) in [6.07, 6.45) is 0.511. The first kappa shape index (κ1) is 21.0. The summed E-state index contributed by atoms with van der Waals surface area (Å²) in [6.45, 7) is 3.32. The van der Waals surface area contributed by atoms with Gasteiger partial charge >= 0.3 is 0 Å². The molecule has 0 saturated heterocycles. The van der Waals surface area contributed by atoms with Crippen LogP contribution in [0.25, 0.3) is 0 Å². The van der Waals surface area contributed by atoms with E-state index in [9.17, 15) is 9.59 Å². The molecular formula is C27H28N2O2. The number of benzene rings is 3. The van der Waals surface area contributed by atoms with E-state index in [2.05, 4.69) is 58.7 Å². The van der Waals surface area contributed by atoms with Gasteiger partial charge in [0.15, 0.2) is 5.78 Å². The standard InChI is InChI=1S/C27H28N2O2/c1-20(30)26(16-21-10-4-2-5-11-21)28-27(31)19-29-17-23-14-8-9-15-24(23)25(18-29)22-12-6-3-7-13-22/h2-15,25-26H,16-19H2,1H3,(H,28,31). The molecule has 1 heterocycles. The monoisotopic (exact) mass is 412 g/mol. The van der Waals surface area contributed by atoms with E-state index in [0.717, 1.165) is 18.7 Å². The number of hydrogen-bond donors (Lipinski definition) is 1. The molecule has 0 radical (unpaired) electrons. The molecule has 1 aliphatic rings. The van der Waals surface area contributed by atoms with Gasteiger partial charge in [0.05, 0.1) is 12.6 Å². The molecule has 31 heavy (non-hydrogen) atoms. The number of hydrogen-bond acceptors (Lipinski definition) is 3. The predicted octanol–water partition coefficient (Wildman–Crippen LogP) is 3.95. The topological polar surface area (TPSA) is 49.4 Å². The Labute approximate surface area is 183 Å². The van der Waals surface area contributed by atoms with Crippen molar-refractivity contribution in [1.82, 2.24) is 10.2 Å². The quantitative estimate of drug-likeness (QED) is 0.639. The summed E-state index contributed by atoms with van der Waals surface area (Å²) >= 11 is 0. The number of amides is 1. The van der Waals surface area contributed by atoms with Crippen molar-refractivity contribution >= 4 is 11.7 Å². The number of rotatable bonds is 7. The number of carbonyl (C=O) groups excluding carboxylic acids is 2. The van der Waals surface area contributed by atoms with Gasteiger partial charge in [0, 0.05) is 19.0 Å². The Bertz CT molecular complexity index is 1030. The van der Waals surface area contributed by atoms with Gasteiger partial charge in [-0.3, -0.25) is 14.5 Å². The first-order valence-corrected chi connectivity index (χ1v) is 10.8. The van der Waals surface area contributed by atoms with Gasteiger partial charge in [-0.25, -0.2) is 0 Å². The van der Waals surface area contributed by atoms with Crippen molar-refractivity contribution in [1.29, 1.82) is 0 Å². The molecule has 0 fully saturated rings. The van der Waals surface area contributed by atoms with Crippen molar-refractivity contribution in [2.45, 2.75) is 31.8 Å². The molecular weight excluding hydrogens is 384 g/mol. The smallest absolute Gasteiger partial charge is 0.234 e. The van der Waals surface area contributed by atoms with Gasteiger partial charge in [0.2, 0.25) is 5.91 Å². The maximum Gasteiger partial charge on any atom is 0.234 e. The van der Waals surface area contributed by atoms with Gasteiger partial charge in [-0.2, -0.15) is 0 Å². The number of Topliss-reactive ketones (excluding diaryl/α,β-unsaturated/α-hetero) is 1. The van der Waals surface area contributed by atoms with Crippen molar-refractivity contribution < 1.29 is 9.59 Å². The summed E-state index contributed by atoms with van der Waals surface area (Å²) < 4.78 is 0. The minimum atomic E-state index is -0.503. The van der Waals surface area contributed by atoms with Crippen LogP contribution >= 0.6 is 0 Å². The van der Waals surface area contributed by atoms with Crippen LogP contribution in [0.15, 0.2) is 84.9 Å². The van der Waals surface area contributed by atoms with E-state index in [1.165, 1.54) is 23.6 Å². The Morgan fingerprint density at radius 3 is 2.29 bits per heavy atom. The van der Waals surface area contributed by atoms with Gasteiger partial charge < -0.3 is 5.32 Å². The van der Waals surface area contributed by atoms with Crippen molar-refractivity contribution in [3.05, 3.63) is 107 Å². The molecule has 3 aromatic carbocycles. The Morgan fingerprint density at radius 2 is 1.58 bits per heavy atom. The molecule has 158 valence electrons. The third-order valence-electron chi connectivity index (χ3n) is 5.94. The third-order valence-corrected chi connectivity index (χ3v) is 5.94. The van der Waals surface area contributed by atoms with Crippen LogP contribution in [0.2, 0.25) is 0 Å².